The van der Waals surface area contributed by atoms with Crippen LogP contribution in [-0.4, -0.2) is 31.3 Å². The summed E-state index contributed by atoms with van der Waals surface area (Å²) in [6, 6.07) is 5.64. The summed E-state index contributed by atoms with van der Waals surface area (Å²) in [4.78, 5) is 11.9. The van der Waals surface area contributed by atoms with Gasteiger partial charge in [-0.1, -0.05) is 15.9 Å². The molecule has 4 nitrogen and oxygen atoms in total. The first-order chi connectivity index (χ1) is 10.1. The molecule has 1 amide bonds. The van der Waals surface area contributed by atoms with E-state index in [1.807, 2.05) is 18.2 Å². The lowest BCUT2D eigenvalue weighted by molar-refractivity contribution is -0.116. The minimum absolute atomic E-state index is 0.124. The third kappa shape index (κ3) is 4.58. The molecule has 5 heteroatoms. The van der Waals surface area contributed by atoms with E-state index in [0.717, 1.165) is 35.0 Å². The zero-order valence-corrected chi connectivity index (χ0v) is 13.6. The topological polar surface area (TPSA) is 58.6 Å². The van der Waals surface area contributed by atoms with E-state index in [2.05, 4.69) is 21.2 Å². The quantitative estimate of drug-likeness (QED) is 0.741. The first kappa shape index (κ1) is 16.0. The second-order valence-electron chi connectivity index (χ2n) is 5.41. The predicted octanol–water partition coefficient (Wildman–Crippen LogP) is 2.75. The second-order valence-corrected chi connectivity index (χ2v) is 6.33. The van der Waals surface area contributed by atoms with Crippen molar-refractivity contribution in [2.45, 2.75) is 19.3 Å². The fraction of sp³-hybridized carbons (Fsp3) is 0.438. The molecule has 1 aromatic carbocycles. The van der Waals surface area contributed by atoms with Crippen LogP contribution < -0.4 is 10.1 Å². The zero-order valence-electron chi connectivity index (χ0n) is 12.1. The molecule has 0 bridgehead atoms. The van der Waals surface area contributed by atoms with Crippen LogP contribution in [0.4, 0.5) is 0 Å². The predicted molar refractivity (Wildman–Crippen MR) is 86.1 cm³/mol. The van der Waals surface area contributed by atoms with Gasteiger partial charge in [-0.3, -0.25) is 4.79 Å². The molecule has 0 heterocycles. The summed E-state index contributed by atoms with van der Waals surface area (Å²) in [7, 11) is 1.60. The third-order valence-corrected chi connectivity index (χ3v) is 4.34. The molecule has 1 aliphatic rings. The van der Waals surface area contributed by atoms with Gasteiger partial charge in [0.25, 0.3) is 0 Å². The van der Waals surface area contributed by atoms with Crippen LogP contribution in [-0.2, 0) is 4.79 Å². The first-order valence-corrected chi connectivity index (χ1v) is 7.78. The number of halogens is 1. The third-order valence-electron chi connectivity index (χ3n) is 3.84. The Morgan fingerprint density at radius 2 is 2.29 bits per heavy atom. The highest BCUT2D eigenvalue weighted by atomic mass is 79.9. The van der Waals surface area contributed by atoms with Crippen LogP contribution in [0.2, 0.25) is 0 Å². The van der Waals surface area contributed by atoms with Gasteiger partial charge in [-0.2, -0.15) is 0 Å². The summed E-state index contributed by atoms with van der Waals surface area (Å²) in [6.07, 6.45) is 6.17. The van der Waals surface area contributed by atoms with Crippen LogP contribution in [0, 0.1) is 5.41 Å². The van der Waals surface area contributed by atoms with E-state index in [4.69, 9.17) is 9.84 Å². The van der Waals surface area contributed by atoms with Crippen molar-refractivity contribution in [1.82, 2.24) is 5.32 Å². The van der Waals surface area contributed by atoms with Gasteiger partial charge in [0.15, 0.2) is 0 Å². The lowest BCUT2D eigenvalue weighted by Crippen LogP contribution is -2.29. The number of carbonyl (C=O) groups is 1. The molecule has 0 spiro atoms. The Morgan fingerprint density at radius 3 is 2.90 bits per heavy atom. The molecule has 0 unspecified atom stereocenters. The second kappa shape index (κ2) is 7.09. The molecule has 2 rings (SSSR count). The number of hydrogen-bond acceptors (Lipinski definition) is 3. The number of aliphatic hydroxyl groups excluding tert-OH is 1. The van der Waals surface area contributed by atoms with Crippen molar-refractivity contribution in [3.63, 3.8) is 0 Å². The molecular weight excluding hydrogens is 334 g/mol. The zero-order chi connectivity index (χ0) is 15.3. The van der Waals surface area contributed by atoms with Gasteiger partial charge < -0.3 is 15.2 Å². The number of nitrogens with one attached hydrogen (secondary N) is 1. The van der Waals surface area contributed by atoms with Crippen molar-refractivity contribution < 1.29 is 14.6 Å². The van der Waals surface area contributed by atoms with Crippen molar-refractivity contribution in [1.29, 1.82) is 0 Å². The number of hydrogen-bond donors (Lipinski definition) is 2. The van der Waals surface area contributed by atoms with E-state index in [-0.39, 0.29) is 17.9 Å². The Labute approximate surface area is 133 Å². The average molecular weight is 354 g/mol. The maximum absolute atomic E-state index is 11.9. The smallest absolute Gasteiger partial charge is 0.244 e. The number of amides is 1. The molecule has 21 heavy (non-hydrogen) atoms. The molecule has 0 aromatic heterocycles. The van der Waals surface area contributed by atoms with E-state index in [1.165, 1.54) is 6.08 Å². The molecule has 0 atom stereocenters. The highest BCUT2D eigenvalue weighted by Crippen LogP contribution is 2.47. The van der Waals surface area contributed by atoms with E-state index in [0.29, 0.717) is 6.54 Å². The maximum Gasteiger partial charge on any atom is 0.244 e. The number of ether oxygens (including phenoxy) is 1. The van der Waals surface area contributed by atoms with Crippen LogP contribution in [0.1, 0.15) is 24.8 Å². The Bertz CT molecular complexity index is 538. The van der Waals surface area contributed by atoms with Crippen LogP contribution >= 0.6 is 15.9 Å². The van der Waals surface area contributed by atoms with Crippen molar-refractivity contribution in [2.75, 3.05) is 20.3 Å². The molecule has 1 aromatic rings. The standard InChI is InChI=1S/C16H20BrNO3/c1-21-14-4-3-13(17)10-12(14)2-5-15(20)18-11-16(6-7-16)8-9-19/h2-5,10,19H,6-9,11H2,1H3,(H,18,20)/b5-2+. The normalized spacial score (nSPS) is 16.0. The highest BCUT2D eigenvalue weighted by molar-refractivity contribution is 9.10. The van der Waals surface area contributed by atoms with Crippen molar-refractivity contribution in [2.24, 2.45) is 5.41 Å². The lowest BCUT2D eigenvalue weighted by atomic mass is 10.0. The van der Waals surface area contributed by atoms with E-state index in [1.54, 1.807) is 13.2 Å². The summed E-state index contributed by atoms with van der Waals surface area (Å²) in [6.45, 7) is 0.813. The van der Waals surface area contributed by atoms with Gasteiger partial charge in [-0.05, 0) is 49.0 Å². The van der Waals surface area contributed by atoms with Gasteiger partial charge in [-0.25, -0.2) is 0 Å². The molecule has 1 aliphatic carbocycles. The van der Waals surface area contributed by atoms with Gasteiger partial charge in [0.2, 0.25) is 5.91 Å². The van der Waals surface area contributed by atoms with E-state index < -0.39 is 0 Å². The summed E-state index contributed by atoms with van der Waals surface area (Å²) < 4.78 is 6.19. The van der Waals surface area contributed by atoms with Crippen molar-refractivity contribution in [3.8, 4) is 5.75 Å². The van der Waals surface area contributed by atoms with Crippen LogP contribution in [0.3, 0.4) is 0 Å². The SMILES string of the molecule is COc1ccc(Br)cc1/C=C/C(=O)NCC1(CCO)CC1. The minimum Gasteiger partial charge on any atom is -0.496 e. The van der Waals surface area contributed by atoms with Gasteiger partial charge in [-0.15, -0.1) is 0 Å². The molecule has 2 N–H and O–H groups in total. The molecular formula is C16H20BrNO3. The Hall–Kier alpha value is -1.33. The fourth-order valence-corrected chi connectivity index (χ4v) is 2.64. The number of benzene rings is 1. The molecule has 114 valence electrons. The summed E-state index contributed by atoms with van der Waals surface area (Å²) in [5.74, 6) is 0.599. The molecule has 0 aliphatic heterocycles. The fourth-order valence-electron chi connectivity index (χ4n) is 2.26. The Morgan fingerprint density at radius 1 is 1.52 bits per heavy atom. The Balaban J connectivity index is 1.92. The van der Waals surface area contributed by atoms with Gasteiger partial charge in [0.1, 0.15) is 5.75 Å². The van der Waals surface area contributed by atoms with Gasteiger partial charge >= 0.3 is 0 Å². The number of methoxy groups -OCH3 is 1. The summed E-state index contributed by atoms with van der Waals surface area (Å²) in [5.41, 5.74) is 0.977. The van der Waals surface area contributed by atoms with Crippen LogP contribution in [0.5, 0.6) is 5.75 Å². The highest BCUT2D eigenvalue weighted by Gasteiger charge is 2.41. The van der Waals surface area contributed by atoms with Crippen LogP contribution in [0.25, 0.3) is 6.08 Å². The largest absolute Gasteiger partial charge is 0.496 e. The molecule has 0 radical (unpaired) electrons. The first-order valence-electron chi connectivity index (χ1n) is 6.99. The molecule has 1 fully saturated rings. The minimum atomic E-state index is -0.124. The van der Waals surface area contributed by atoms with Crippen LogP contribution in [0.15, 0.2) is 28.7 Å². The maximum atomic E-state index is 11.9. The van der Waals surface area contributed by atoms with Crippen molar-refractivity contribution in [3.05, 3.63) is 34.3 Å². The molecule has 1 saturated carbocycles. The number of rotatable bonds is 7. The Kier molecular flexibility index (Phi) is 5.42. The summed E-state index contributed by atoms with van der Waals surface area (Å²) >= 11 is 3.40. The monoisotopic (exact) mass is 353 g/mol. The number of carbonyl (C=O) groups excluding carboxylic acids is 1. The number of aliphatic hydroxyl groups is 1. The van der Waals surface area contributed by atoms with Gasteiger partial charge in [0.05, 0.1) is 7.11 Å². The van der Waals surface area contributed by atoms with Crippen molar-refractivity contribution >= 4 is 27.9 Å². The van der Waals surface area contributed by atoms with E-state index in [9.17, 15) is 4.79 Å². The average Bonchev–Trinajstić information content (AvgIpc) is 3.24. The summed E-state index contributed by atoms with van der Waals surface area (Å²) in [5, 5.41) is 11.9. The van der Waals surface area contributed by atoms with E-state index >= 15 is 0 Å². The molecule has 0 saturated heterocycles. The van der Waals surface area contributed by atoms with Gasteiger partial charge in [0, 0.05) is 29.3 Å². The lowest BCUT2D eigenvalue weighted by Gasteiger charge is -2.13.